The lowest BCUT2D eigenvalue weighted by Crippen LogP contribution is -1.98. The predicted molar refractivity (Wildman–Crippen MR) is 77.9 cm³/mol. The summed E-state index contributed by atoms with van der Waals surface area (Å²) in [7, 11) is 0. The zero-order chi connectivity index (χ0) is 13.8. The highest BCUT2D eigenvalue weighted by Gasteiger charge is 2.12. The third-order valence-corrected chi connectivity index (χ3v) is 3.42. The van der Waals surface area contributed by atoms with Crippen molar-refractivity contribution < 1.29 is 9.53 Å². The van der Waals surface area contributed by atoms with E-state index in [9.17, 15) is 4.79 Å². The fourth-order valence-electron chi connectivity index (χ4n) is 1.45. The first-order valence-corrected chi connectivity index (χ1v) is 6.83. The third-order valence-electron chi connectivity index (χ3n) is 2.33. The van der Waals surface area contributed by atoms with Gasteiger partial charge in [-0.05, 0) is 45.7 Å². The largest absolute Gasteiger partial charge is 0.486 e. The van der Waals surface area contributed by atoms with Crippen molar-refractivity contribution in [3.63, 3.8) is 0 Å². The first kappa shape index (κ1) is 14.3. The van der Waals surface area contributed by atoms with Crippen molar-refractivity contribution in [2.45, 2.75) is 6.61 Å². The minimum atomic E-state index is -0.568. The van der Waals surface area contributed by atoms with Crippen LogP contribution in [0.2, 0.25) is 5.02 Å². The molecule has 0 amide bonds. The van der Waals surface area contributed by atoms with Crippen LogP contribution in [0.1, 0.15) is 15.9 Å². The molecule has 2 rings (SSSR count). The van der Waals surface area contributed by atoms with Crippen molar-refractivity contribution in [1.82, 2.24) is 4.98 Å². The molecule has 19 heavy (non-hydrogen) atoms. The molecule has 0 saturated heterocycles. The number of hydrogen-bond donors (Lipinski definition) is 0. The lowest BCUT2D eigenvalue weighted by Gasteiger charge is -2.10. The Morgan fingerprint density at radius 2 is 2.21 bits per heavy atom. The Morgan fingerprint density at radius 1 is 1.42 bits per heavy atom. The molecule has 0 N–H and O–H groups in total. The van der Waals surface area contributed by atoms with E-state index in [1.807, 2.05) is 12.1 Å². The van der Waals surface area contributed by atoms with E-state index < -0.39 is 5.24 Å². The van der Waals surface area contributed by atoms with E-state index in [1.165, 1.54) is 6.07 Å². The van der Waals surface area contributed by atoms with Gasteiger partial charge in [-0.3, -0.25) is 9.78 Å². The Hall–Kier alpha value is -1.10. The van der Waals surface area contributed by atoms with Crippen LogP contribution < -0.4 is 4.74 Å². The molecule has 0 radical (unpaired) electrons. The fraction of sp³-hybridized carbons (Fsp3) is 0.0769. The minimum Gasteiger partial charge on any atom is -0.486 e. The highest BCUT2D eigenvalue weighted by molar-refractivity contribution is 9.10. The number of ether oxygens (including phenoxy) is 1. The zero-order valence-electron chi connectivity index (χ0n) is 9.57. The monoisotopic (exact) mass is 359 g/mol. The van der Waals surface area contributed by atoms with E-state index in [2.05, 4.69) is 20.9 Å². The van der Waals surface area contributed by atoms with Crippen LogP contribution >= 0.6 is 39.1 Å². The molecule has 0 bridgehead atoms. The zero-order valence-corrected chi connectivity index (χ0v) is 12.7. The molecule has 0 aliphatic carbocycles. The maximum absolute atomic E-state index is 11.1. The van der Waals surface area contributed by atoms with Gasteiger partial charge in [-0.25, -0.2) is 0 Å². The quantitative estimate of drug-likeness (QED) is 0.756. The molecule has 3 nitrogen and oxygen atoms in total. The van der Waals surface area contributed by atoms with Crippen molar-refractivity contribution in [3.8, 4) is 5.75 Å². The van der Waals surface area contributed by atoms with Crippen LogP contribution in [0.3, 0.4) is 0 Å². The Kier molecular flexibility index (Phi) is 4.80. The number of halogens is 3. The molecule has 0 saturated carbocycles. The number of carbonyl (C=O) groups is 1. The highest BCUT2D eigenvalue weighted by atomic mass is 79.9. The summed E-state index contributed by atoms with van der Waals surface area (Å²) in [5.74, 6) is 0.465. The Labute approximate surface area is 128 Å². The van der Waals surface area contributed by atoms with Crippen LogP contribution in [0.5, 0.6) is 5.75 Å². The minimum absolute atomic E-state index is 0.312. The van der Waals surface area contributed by atoms with Gasteiger partial charge >= 0.3 is 0 Å². The van der Waals surface area contributed by atoms with Gasteiger partial charge in [0.1, 0.15) is 6.61 Å². The molecule has 0 unspecified atom stereocenters. The van der Waals surface area contributed by atoms with Crippen LogP contribution in [0.15, 0.2) is 41.1 Å². The van der Waals surface area contributed by atoms with Gasteiger partial charge < -0.3 is 4.74 Å². The molecule has 1 aromatic heterocycles. The topological polar surface area (TPSA) is 39.2 Å². The molecular formula is C13H8BrCl2NO2. The van der Waals surface area contributed by atoms with Crippen molar-refractivity contribution in [1.29, 1.82) is 0 Å². The summed E-state index contributed by atoms with van der Waals surface area (Å²) in [6.07, 6.45) is 3.39. The van der Waals surface area contributed by atoms with Gasteiger partial charge in [0, 0.05) is 23.5 Å². The van der Waals surface area contributed by atoms with Gasteiger partial charge in [-0.2, -0.15) is 0 Å². The Morgan fingerprint density at radius 3 is 2.79 bits per heavy atom. The first-order chi connectivity index (χ1) is 9.08. The van der Waals surface area contributed by atoms with Crippen LogP contribution in [0.4, 0.5) is 0 Å². The summed E-state index contributed by atoms with van der Waals surface area (Å²) < 4.78 is 6.19. The standard InChI is InChI=1S/C13H8BrCl2NO2/c14-10-4-9(13(16)18)5-11(15)12(10)19-7-8-2-1-3-17-6-8/h1-6H,7H2. The number of carbonyl (C=O) groups excluding carboxylic acids is 1. The normalized spacial score (nSPS) is 10.3. The second-order valence-electron chi connectivity index (χ2n) is 3.69. The van der Waals surface area contributed by atoms with Crippen molar-refractivity contribution >= 4 is 44.4 Å². The summed E-state index contributed by atoms with van der Waals surface area (Å²) in [5.41, 5.74) is 1.23. The maximum atomic E-state index is 11.1. The highest BCUT2D eigenvalue weighted by Crippen LogP contribution is 2.35. The number of nitrogens with zero attached hydrogens (tertiary/aromatic N) is 1. The summed E-state index contributed by atoms with van der Waals surface area (Å²) in [5, 5.41) is -0.247. The third kappa shape index (κ3) is 3.69. The molecular weight excluding hydrogens is 353 g/mol. The van der Waals surface area contributed by atoms with Crippen molar-refractivity contribution in [2.24, 2.45) is 0 Å². The molecule has 0 aliphatic rings. The predicted octanol–water partition coefficient (Wildman–Crippen LogP) is 4.46. The number of aromatic nitrogens is 1. The van der Waals surface area contributed by atoms with E-state index in [1.54, 1.807) is 18.5 Å². The van der Waals surface area contributed by atoms with Crippen LogP contribution in [0, 0.1) is 0 Å². The summed E-state index contributed by atoms with van der Waals surface area (Å²) >= 11 is 14.8. The molecule has 98 valence electrons. The molecule has 1 aromatic carbocycles. The van der Waals surface area contributed by atoms with Crippen LogP contribution in [-0.4, -0.2) is 10.2 Å². The molecule has 0 aliphatic heterocycles. The van der Waals surface area contributed by atoms with Crippen molar-refractivity contribution in [2.75, 3.05) is 0 Å². The van der Waals surface area contributed by atoms with Gasteiger partial charge in [0.2, 0.25) is 0 Å². The summed E-state index contributed by atoms with van der Waals surface area (Å²) in [6.45, 7) is 0.334. The van der Waals surface area contributed by atoms with Crippen LogP contribution in [0.25, 0.3) is 0 Å². The molecule has 2 aromatic rings. The lowest BCUT2D eigenvalue weighted by molar-refractivity contribution is 0.108. The van der Waals surface area contributed by atoms with Gasteiger partial charge in [0.15, 0.2) is 5.75 Å². The van der Waals surface area contributed by atoms with E-state index in [0.717, 1.165) is 5.56 Å². The molecule has 6 heteroatoms. The van der Waals surface area contributed by atoms with Gasteiger partial charge in [-0.1, -0.05) is 17.7 Å². The number of pyridine rings is 1. The average molecular weight is 361 g/mol. The smallest absolute Gasteiger partial charge is 0.252 e. The Bertz CT molecular complexity index is 582. The summed E-state index contributed by atoms with van der Waals surface area (Å²) in [4.78, 5) is 15.1. The fourth-order valence-corrected chi connectivity index (χ4v) is 2.52. The van der Waals surface area contributed by atoms with E-state index in [0.29, 0.717) is 27.4 Å². The maximum Gasteiger partial charge on any atom is 0.252 e. The van der Waals surface area contributed by atoms with E-state index >= 15 is 0 Å². The molecule has 0 fully saturated rings. The summed E-state index contributed by atoms with van der Waals surface area (Å²) in [6, 6.07) is 6.76. The van der Waals surface area contributed by atoms with E-state index in [-0.39, 0.29) is 0 Å². The van der Waals surface area contributed by atoms with Crippen molar-refractivity contribution in [3.05, 3.63) is 57.3 Å². The number of hydrogen-bond acceptors (Lipinski definition) is 3. The number of benzene rings is 1. The first-order valence-electron chi connectivity index (χ1n) is 5.28. The molecule has 0 spiro atoms. The molecule has 0 atom stereocenters. The number of rotatable bonds is 4. The van der Waals surface area contributed by atoms with Gasteiger partial charge in [0.25, 0.3) is 5.24 Å². The lowest BCUT2D eigenvalue weighted by atomic mass is 10.2. The molecule has 1 heterocycles. The Balaban J connectivity index is 2.19. The average Bonchev–Trinajstić information content (AvgIpc) is 2.38. The van der Waals surface area contributed by atoms with Crippen LogP contribution in [-0.2, 0) is 6.61 Å². The van der Waals surface area contributed by atoms with E-state index in [4.69, 9.17) is 27.9 Å². The SMILES string of the molecule is O=C(Cl)c1cc(Cl)c(OCc2cccnc2)c(Br)c1. The van der Waals surface area contributed by atoms with Gasteiger partial charge in [-0.15, -0.1) is 0 Å². The second-order valence-corrected chi connectivity index (χ2v) is 5.30. The second kappa shape index (κ2) is 6.37. The van der Waals surface area contributed by atoms with Gasteiger partial charge in [0.05, 0.1) is 9.50 Å².